The van der Waals surface area contributed by atoms with Crippen molar-refractivity contribution in [3.05, 3.63) is 17.0 Å². The Morgan fingerprint density at radius 1 is 1.38 bits per heavy atom. The van der Waals surface area contributed by atoms with Crippen LogP contribution in [0.4, 0.5) is 0 Å². The molecule has 1 aliphatic carbocycles. The molecule has 2 rings (SSSR count). The van der Waals surface area contributed by atoms with Gasteiger partial charge in [-0.1, -0.05) is 19.8 Å². The van der Waals surface area contributed by atoms with Gasteiger partial charge in [0.1, 0.15) is 4.21 Å². The topological polar surface area (TPSA) is 58.2 Å². The zero-order valence-electron chi connectivity index (χ0n) is 12.9. The van der Waals surface area contributed by atoms with Gasteiger partial charge in [0.05, 0.1) is 0 Å². The molecule has 2 N–H and O–H groups in total. The quantitative estimate of drug-likeness (QED) is 0.693. The summed E-state index contributed by atoms with van der Waals surface area (Å²) in [5, 5.41) is 3.45. The standard InChI is InChI=1S/C15H26N2O2S2/c1-3-4-5-12(2)17-21(18,19)15-9-8-14(20-15)10-11-16-13-6-7-13/h8-9,12-13,16-17H,3-7,10-11H2,1-2H3. The molecule has 0 saturated heterocycles. The maximum absolute atomic E-state index is 12.3. The fourth-order valence-electron chi connectivity index (χ4n) is 2.22. The minimum atomic E-state index is -3.35. The van der Waals surface area contributed by atoms with Crippen molar-refractivity contribution in [1.29, 1.82) is 0 Å². The third-order valence-electron chi connectivity index (χ3n) is 3.63. The van der Waals surface area contributed by atoms with Crippen LogP contribution < -0.4 is 10.0 Å². The van der Waals surface area contributed by atoms with E-state index < -0.39 is 10.0 Å². The maximum Gasteiger partial charge on any atom is 0.250 e. The van der Waals surface area contributed by atoms with Crippen molar-refractivity contribution < 1.29 is 8.42 Å². The highest BCUT2D eigenvalue weighted by molar-refractivity contribution is 7.91. The average Bonchev–Trinajstić information content (AvgIpc) is 3.11. The minimum Gasteiger partial charge on any atom is -0.314 e. The molecule has 1 atom stereocenters. The van der Waals surface area contributed by atoms with Crippen LogP contribution in [0.1, 0.15) is 50.8 Å². The molecular weight excluding hydrogens is 304 g/mol. The van der Waals surface area contributed by atoms with E-state index in [0.29, 0.717) is 10.3 Å². The van der Waals surface area contributed by atoms with E-state index in [-0.39, 0.29) is 6.04 Å². The van der Waals surface area contributed by atoms with Gasteiger partial charge in [0.2, 0.25) is 10.0 Å². The molecule has 1 unspecified atom stereocenters. The van der Waals surface area contributed by atoms with Gasteiger partial charge in [-0.15, -0.1) is 11.3 Å². The smallest absolute Gasteiger partial charge is 0.250 e. The number of hydrogen-bond donors (Lipinski definition) is 2. The largest absolute Gasteiger partial charge is 0.314 e. The molecule has 0 bridgehead atoms. The van der Waals surface area contributed by atoms with Gasteiger partial charge in [-0.2, -0.15) is 0 Å². The summed E-state index contributed by atoms with van der Waals surface area (Å²) >= 11 is 1.39. The number of thiophene rings is 1. The van der Waals surface area contributed by atoms with Gasteiger partial charge >= 0.3 is 0 Å². The second-order valence-electron chi connectivity index (χ2n) is 5.86. The summed E-state index contributed by atoms with van der Waals surface area (Å²) in [4.78, 5) is 1.13. The van der Waals surface area contributed by atoms with Crippen LogP contribution in [0.2, 0.25) is 0 Å². The van der Waals surface area contributed by atoms with Crippen molar-refractivity contribution in [2.24, 2.45) is 0 Å². The number of nitrogens with one attached hydrogen (secondary N) is 2. The number of rotatable bonds is 10. The summed E-state index contributed by atoms with van der Waals surface area (Å²) in [7, 11) is -3.35. The van der Waals surface area contributed by atoms with Crippen molar-refractivity contribution in [3.8, 4) is 0 Å². The van der Waals surface area contributed by atoms with Crippen molar-refractivity contribution in [1.82, 2.24) is 10.0 Å². The lowest BCUT2D eigenvalue weighted by Gasteiger charge is -2.12. The Bertz CT molecular complexity index is 536. The van der Waals surface area contributed by atoms with Gasteiger partial charge in [-0.05, 0) is 44.7 Å². The maximum atomic E-state index is 12.3. The molecule has 0 aliphatic heterocycles. The molecule has 0 aromatic carbocycles. The molecular formula is C15H26N2O2S2. The van der Waals surface area contributed by atoms with E-state index in [1.165, 1.54) is 24.2 Å². The Morgan fingerprint density at radius 2 is 2.14 bits per heavy atom. The first-order chi connectivity index (χ1) is 10.0. The van der Waals surface area contributed by atoms with Crippen molar-refractivity contribution in [2.45, 2.75) is 68.7 Å². The van der Waals surface area contributed by atoms with Gasteiger partial charge in [0.15, 0.2) is 0 Å². The van der Waals surface area contributed by atoms with Crippen LogP contribution in [0.15, 0.2) is 16.3 Å². The van der Waals surface area contributed by atoms with Crippen molar-refractivity contribution in [2.75, 3.05) is 6.54 Å². The van der Waals surface area contributed by atoms with E-state index in [0.717, 1.165) is 37.1 Å². The monoisotopic (exact) mass is 330 g/mol. The van der Waals surface area contributed by atoms with Crippen LogP contribution in [0.3, 0.4) is 0 Å². The third kappa shape index (κ3) is 5.70. The molecule has 1 aromatic rings. The van der Waals surface area contributed by atoms with E-state index >= 15 is 0 Å². The molecule has 0 radical (unpaired) electrons. The Labute approximate surface area is 132 Å². The highest BCUT2D eigenvalue weighted by Gasteiger charge is 2.21. The first-order valence-corrected chi connectivity index (χ1v) is 10.2. The summed E-state index contributed by atoms with van der Waals surface area (Å²) in [5.41, 5.74) is 0. The number of hydrogen-bond acceptors (Lipinski definition) is 4. The molecule has 1 aliphatic rings. The summed E-state index contributed by atoms with van der Waals surface area (Å²) in [5.74, 6) is 0. The Morgan fingerprint density at radius 3 is 2.81 bits per heavy atom. The molecule has 6 heteroatoms. The van der Waals surface area contributed by atoms with E-state index in [1.807, 2.05) is 13.0 Å². The van der Waals surface area contributed by atoms with Gasteiger partial charge in [0.25, 0.3) is 0 Å². The molecule has 1 aromatic heterocycles. The highest BCUT2D eigenvalue weighted by Crippen LogP contribution is 2.23. The van der Waals surface area contributed by atoms with Gasteiger partial charge in [-0.3, -0.25) is 0 Å². The molecule has 1 heterocycles. The fourth-order valence-corrected chi connectivity index (χ4v) is 4.87. The van der Waals surface area contributed by atoms with Crippen LogP contribution >= 0.6 is 11.3 Å². The zero-order chi connectivity index (χ0) is 15.3. The van der Waals surface area contributed by atoms with Gasteiger partial charge < -0.3 is 5.32 Å². The molecule has 120 valence electrons. The Balaban J connectivity index is 1.85. The predicted molar refractivity (Wildman–Crippen MR) is 88.4 cm³/mol. The van der Waals surface area contributed by atoms with Crippen LogP contribution in [-0.2, 0) is 16.4 Å². The highest BCUT2D eigenvalue weighted by atomic mass is 32.2. The lowest BCUT2D eigenvalue weighted by Crippen LogP contribution is -2.32. The molecule has 1 fully saturated rings. The summed E-state index contributed by atoms with van der Waals surface area (Å²) in [6.07, 6.45) is 6.49. The van der Waals surface area contributed by atoms with Crippen LogP contribution in [-0.4, -0.2) is 27.0 Å². The van der Waals surface area contributed by atoms with E-state index in [1.54, 1.807) is 6.07 Å². The van der Waals surface area contributed by atoms with Crippen LogP contribution in [0, 0.1) is 0 Å². The zero-order valence-corrected chi connectivity index (χ0v) is 14.5. The average molecular weight is 331 g/mol. The lowest BCUT2D eigenvalue weighted by molar-refractivity contribution is 0.535. The predicted octanol–water partition coefficient (Wildman–Crippen LogP) is 2.90. The molecule has 0 amide bonds. The Kier molecular flexibility index (Phi) is 6.22. The van der Waals surface area contributed by atoms with Crippen molar-refractivity contribution >= 4 is 21.4 Å². The third-order valence-corrected chi connectivity index (χ3v) is 6.86. The first-order valence-electron chi connectivity index (χ1n) is 7.85. The Hall–Kier alpha value is -0.430. The second-order valence-corrected chi connectivity index (χ2v) is 8.97. The van der Waals surface area contributed by atoms with E-state index in [9.17, 15) is 8.42 Å². The fraction of sp³-hybridized carbons (Fsp3) is 0.733. The van der Waals surface area contributed by atoms with Gasteiger partial charge in [-0.25, -0.2) is 13.1 Å². The number of unbranched alkanes of at least 4 members (excludes halogenated alkanes) is 1. The minimum absolute atomic E-state index is 0.00275. The molecule has 0 spiro atoms. The molecule has 1 saturated carbocycles. The number of sulfonamides is 1. The first kappa shape index (κ1) is 16.9. The van der Waals surface area contributed by atoms with E-state index in [2.05, 4.69) is 17.0 Å². The SMILES string of the molecule is CCCCC(C)NS(=O)(=O)c1ccc(CCNC2CC2)s1. The van der Waals surface area contributed by atoms with Gasteiger partial charge in [0, 0.05) is 23.5 Å². The molecule has 21 heavy (non-hydrogen) atoms. The van der Waals surface area contributed by atoms with Crippen molar-refractivity contribution in [3.63, 3.8) is 0 Å². The normalized spacial score (nSPS) is 17.0. The summed E-state index contributed by atoms with van der Waals surface area (Å²) < 4.78 is 27.8. The summed E-state index contributed by atoms with van der Waals surface area (Å²) in [6.45, 7) is 4.98. The summed E-state index contributed by atoms with van der Waals surface area (Å²) in [6, 6.07) is 4.36. The van der Waals surface area contributed by atoms with E-state index in [4.69, 9.17) is 0 Å². The lowest BCUT2D eigenvalue weighted by atomic mass is 10.2. The second kappa shape index (κ2) is 7.72. The van der Waals surface area contributed by atoms with Crippen LogP contribution in [0.25, 0.3) is 0 Å². The van der Waals surface area contributed by atoms with Crippen LogP contribution in [0.5, 0.6) is 0 Å². The molecule has 4 nitrogen and oxygen atoms in total.